The van der Waals surface area contributed by atoms with Gasteiger partial charge in [0, 0.05) is 0 Å². The summed E-state index contributed by atoms with van der Waals surface area (Å²) in [6.07, 6.45) is 0.254. The van der Waals surface area contributed by atoms with Crippen LogP contribution >= 0.6 is 34.7 Å². The average molecular weight is 344 g/mol. The number of amides is 2. The lowest BCUT2D eigenvalue weighted by Gasteiger charge is -2.06. The summed E-state index contributed by atoms with van der Waals surface area (Å²) in [5.41, 5.74) is 0.901. The second-order valence-electron chi connectivity index (χ2n) is 4.06. The Balaban J connectivity index is 1.78. The van der Waals surface area contributed by atoms with Crippen LogP contribution in [0.15, 0.2) is 30.3 Å². The summed E-state index contributed by atoms with van der Waals surface area (Å²) in [5.74, 6) is -0.612. The van der Waals surface area contributed by atoms with Crippen LogP contribution in [0.1, 0.15) is 15.2 Å². The van der Waals surface area contributed by atoms with Crippen molar-refractivity contribution >= 4 is 46.5 Å². The molecule has 1 aromatic heterocycles. The number of carbonyl (C=O) groups excluding carboxylic acids is 2. The van der Waals surface area contributed by atoms with E-state index < -0.39 is 5.91 Å². The van der Waals surface area contributed by atoms with Gasteiger partial charge in [-0.25, -0.2) is 0 Å². The predicted octanol–water partition coefficient (Wildman–Crippen LogP) is 2.50. The van der Waals surface area contributed by atoms with Crippen LogP contribution in [0, 0.1) is 0 Å². The molecule has 0 saturated carbocycles. The van der Waals surface area contributed by atoms with Crippen LogP contribution in [-0.2, 0) is 11.2 Å². The van der Waals surface area contributed by atoms with Gasteiger partial charge in [-0.1, -0.05) is 53.5 Å². The maximum atomic E-state index is 11.8. The standard InChI is InChI=1S/C13H11Cl2N3O2S/c14-10-11(21-18-12(10)15)13(20)17-7-16-9(19)6-8-4-2-1-3-5-8/h1-5H,6-7H2,(H,16,19)(H,17,20). The van der Waals surface area contributed by atoms with Gasteiger partial charge in [0.15, 0.2) is 5.15 Å². The number of hydrogen-bond acceptors (Lipinski definition) is 4. The van der Waals surface area contributed by atoms with Gasteiger partial charge >= 0.3 is 0 Å². The summed E-state index contributed by atoms with van der Waals surface area (Å²) in [5, 5.41) is 5.34. The Morgan fingerprint density at radius 3 is 2.48 bits per heavy atom. The maximum absolute atomic E-state index is 11.8. The highest BCUT2D eigenvalue weighted by Crippen LogP contribution is 2.28. The number of nitrogens with one attached hydrogen (secondary N) is 2. The van der Waals surface area contributed by atoms with E-state index in [-0.39, 0.29) is 34.0 Å². The quantitative estimate of drug-likeness (QED) is 0.819. The zero-order valence-electron chi connectivity index (χ0n) is 10.7. The second-order valence-corrected chi connectivity index (χ2v) is 5.57. The van der Waals surface area contributed by atoms with Gasteiger partial charge < -0.3 is 10.6 Å². The number of rotatable bonds is 5. The first kappa shape index (κ1) is 15.8. The van der Waals surface area contributed by atoms with Crippen molar-refractivity contribution in [3.8, 4) is 0 Å². The van der Waals surface area contributed by atoms with Gasteiger partial charge in [0.2, 0.25) is 5.91 Å². The largest absolute Gasteiger partial charge is 0.338 e. The van der Waals surface area contributed by atoms with E-state index in [9.17, 15) is 9.59 Å². The lowest BCUT2D eigenvalue weighted by molar-refractivity contribution is -0.120. The van der Waals surface area contributed by atoms with Gasteiger partial charge in [-0.15, -0.1) is 0 Å². The van der Waals surface area contributed by atoms with E-state index in [0.717, 1.165) is 17.1 Å². The molecule has 2 N–H and O–H groups in total. The minimum Gasteiger partial charge on any atom is -0.338 e. The Bertz CT molecular complexity index is 646. The van der Waals surface area contributed by atoms with Gasteiger partial charge in [-0.3, -0.25) is 9.59 Å². The van der Waals surface area contributed by atoms with Crippen LogP contribution in [-0.4, -0.2) is 22.9 Å². The molecule has 2 aromatic rings. The van der Waals surface area contributed by atoms with Crippen molar-refractivity contribution in [3.05, 3.63) is 50.9 Å². The van der Waals surface area contributed by atoms with Crippen molar-refractivity contribution in [3.63, 3.8) is 0 Å². The molecule has 0 spiro atoms. The fourth-order valence-electron chi connectivity index (χ4n) is 1.55. The molecule has 0 aliphatic heterocycles. The van der Waals surface area contributed by atoms with E-state index in [1.165, 1.54) is 0 Å². The van der Waals surface area contributed by atoms with E-state index in [1.54, 1.807) is 0 Å². The van der Waals surface area contributed by atoms with Gasteiger partial charge in [0.25, 0.3) is 5.91 Å². The summed E-state index contributed by atoms with van der Waals surface area (Å²) < 4.78 is 3.76. The number of nitrogens with zero attached hydrogens (tertiary/aromatic N) is 1. The molecule has 2 amide bonds. The fourth-order valence-corrected chi connectivity index (χ4v) is 2.68. The van der Waals surface area contributed by atoms with Crippen molar-refractivity contribution in [1.82, 2.24) is 15.0 Å². The molecule has 110 valence electrons. The lowest BCUT2D eigenvalue weighted by Crippen LogP contribution is -2.37. The normalized spacial score (nSPS) is 10.2. The van der Waals surface area contributed by atoms with E-state index in [4.69, 9.17) is 23.2 Å². The van der Waals surface area contributed by atoms with Crippen LogP contribution in [0.2, 0.25) is 10.2 Å². The van der Waals surface area contributed by atoms with Crippen LogP contribution < -0.4 is 10.6 Å². The molecule has 21 heavy (non-hydrogen) atoms. The van der Waals surface area contributed by atoms with E-state index >= 15 is 0 Å². The molecule has 1 aromatic carbocycles. The van der Waals surface area contributed by atoms with Crippen molar-refractivity contribution < 1.29 is 9.59 Å². The summed E-state index contributed by atoms with van der Waals surface area (Å²) in [7, 11) is 0. The first-order chi connectivity index (χ1) is 10.1. The van der Waals surface area contributed by atoms with Gasteiger partial charge in [0.05, 0.1) is 13.1 Å². The van der Waals surface area contributed by atoms with Crippen molar-refractivity contribution in [2.24, 2.45) is 0 Å². The van der Waals surface area contributed by atoms with Gasteiger partial charge in [-0.2, -0.15) is 4.37 Å². The molecular weight excluding hydrogens is 333 g/mol. The number of aromatic nitrogens is 1. The third-order valence-corrected chi connectivity index (χ3v) is 4.34. The molecule has 2 rings (SSSR count). The first-order valence-corrected chi connectivity index (χ1v) is 7.50. The fraction of sp³-hybridized carbons (Fsp3) is 0.154. The first-order valence-electron chi connectivity index (χ1n) is 5.97. The topological polar surface area (TPSA) is 71.1 Å². The van der Waals surface area contributed by atoms with Crippen LogP contribution in [0.5, 0.6) is 0 Å². The van der Waals surface area contributed by atoms with Crippen LogP contribution in [0.3, 0.4) is 0 Å². The highest BCUT2D eigenvalue weighted by molar-refractivity contribution is 7.09. The highest BCUT2D eigenvalue weighted by atomic mass is 35.5. The molecule has 0 radical (unpaired) electrons. The van der Waals surface area contributed by atoms with Crippen LogP contribution in [0.25, 0.3) is 0 Å². The average Bonchev–Trinajstić information content (AvgIpc) is 2.80. The predicted molar refractivity (Wildman–Crippen MR) is 82.8 cm³/mol. The van der Waals surface area contributed by atoms with Gasteiger partial charge in [-0.05, 0) is 17.1 Å². The molecular formula is C13H11Cl2N3O2S. The molecule has 0 atom stereocenters. The SMILES string of the molecule is O=C(Cc1ccccc1)NCNC(=O)c1snc(Cl)c1Cl. The number of benzene rings is 1. The number of hydrogen-bond donors (Lipinski definition) is 2. The second kappa shape index (κ2) is 7.40. The molecule has 0 aliphatic carbocycles. The van der Waals surface area contributed by atoms with Crippen molar-refractivity contribution in [2.45, 2.75) is 6.42 Å². The highest BCUT2D eigenvalue weighted by Gasteiger charge is 2.16. The summed E-state index contributed by atoms with van der Waals surface area (Å²) in [6.45, 7) is 0.0103. The maximum Gasteiger partial charge on any atom is 0.265 e. The monoisotopic (exact) mass is 343 g/mol. The molecule has 1 heterocycles. The molecule has 5 nitrogen and oxygen atoms in total. The lowest BCUT2D eigenvalue weighted by atomic mass is 10.1. The third kappa shape index (κ3) is 4.42. The third-order valence-electron chi connectivity index (χ3n) is 2.55. The number of halogens is 2. The Hall–Kier alpha value is -1.63. The number of carbonyl (C=O) groups is 2. The molecule has 0 saturated heterocycles. The molecule has 8 heteroatoms. The zero-order valence-corrected chi connectivity index (χ0v) is 13.1. The van der Waals surface area contributed by atoms with Crippen molar-refractivity contribution in [2.75, 3.05) is 6.67 Å². The Kier molecular flexibility index (Phi) is 5.55. The molecule has 0 aliphatic rings. The van der Waals surface area contributed by atoms with E-state index in [2.05, 4.69) is 15.0 Å². The minimum absolute atomic E-state index is 0.0103. The van der Waals surface area contributed by atoms with E-state index in [0.29, 0.717) is 0 Å². The Labute approximate surface area is 135 Å². The Morgan fingerprint density at radius 1 is 1.14 bits per heavy atom. The van der Waals surface area contributed by atoms with E-state index in [1.807, 2.05) is 30.3 Å². The Morgan fingerprint density at radius 2 is 1.86 bits per heavy atom. The molecule has 0 unspecified atom stereocenters. The summed E-state index contributed by atoms with van der Waals surface area (Å²) in [6, 6.07) is 9.32. The molecule has 0 fully saturated rings. The molecule has 0 bridgehead atoms. The van der Waals surface area contributed by atoms with Gasteiger partial charge in [0.1, 0.15) is 9.90 Å². The smallest absolute Gasteiger partial charge is 0.265 e. The van der Waals surface area contributed by atoms with Crippen LogP contribution in [0.4, 0.5) is 0 Å². The summed E-state index contributed by atoms with van der Waals surface area (Å²) in [4.78, 5) is 23.7. The summed E-state index contributed by atoms with van der Waals surface area (Å²) >= 11 is 12.4. The van der Waals surface area contributed by atoms with Crippen molar-refractivity contribution in [1.29, 1.82) is 0 Å². The minimum atomic E-state index is -0.426. The zero-order chi connectivity index (χ0) is 15.2.